The van der Waals surface area contributed by atoms with E-state index in [-0.39, 0.29) is 0 Å². The number of nitrogen functional groups attached to an aromatic ring is 1. The average Bonchev–Trinajstić information content (AvgIpc) is 2.74. The highest BCUT2D eigenvalue weighted by Crippen LogP contribution is 2.16. The van der Waals surface area contributed by atoms with Gasteiger partial charge in [0.25, 0.3) is 0 Å². The average molecular weight is 220 g/mol. The highest BCUT2D eigenvalue weighted by atomic mass is 32.1. The Balaban J connectivity index is 2.06. The molecule has 15 heavy (non-hydrogen) atoms. The van der Waals surface area contributed by atoms with E-state index in [1.807, 2.05) is 31.3 Å². The first-order valence-corrected chi connectivity index (χ1v) is 5.35. The Bertz CT molecular complexity index is 409. The fourth-order valence-electron chi connectivity index (χ4n) is 1.30. The Kier molecular flexibility index (Phi) is 2.82. The summed E-state index contributed by atoms with van der Waals surface area (Å²) in [5, 5.41) is 0.923. The van der Waals surface area contributed by atoms with Gasteiger partial charge in [0.15, 0.2) is 0 Å². The zero-order valence-electron chi connectivity index (χ0n) is 8.42. The van der Waals surface area contributed by atoms with Crippen LogP contribution >= 0.6 is 11.5 Å². The fraction of sp³-hybridized carbons (Fsp3) is 0.200. The monoisotopic (exact) mass is 220 g/mol. The summed E-state index contributed by atoms with van der Waals surface area (Å²) in [6.07, 6.45) is 1.57. The number of nitrogens with zero attached hydrogens (tertiary/aromatic N) is 3. The van der Waals surface area contributed by atoms with Gasteiger partial charge in [-0.15, -0.1) is 0 Å². The van der Waals surface area contributed by atoms with Crippen molar-refractivity contribution in [2.75, 3.05) is 17.7 Å². The van der Waals surface area contributed by atoms with Gasteiger partial charge >= 0.3 is 0 Å². The molecule has 0 unspecified atom stereocenters. The molecule has 0 saturated carbocycles. The summed E-state index contributed by atoms with van der Waals surface area (Å²) in [5.41, 5.74) is 7.62. The number of nitrogens with two attached hydrogens (primary N) is 1. The molecular formula is C10H12N4S. The second kappa shape index (κ2) is 4.27. The van der Waals surface area contributed by atoms with Crippen molar-refractivity contribution in [2.24, 2.45) is 0 Å². The zero-order chi connectivity index (χ0) is 10.7. The lowest BCUT2D eigenvalue weighted by atomic mass is 10.2. The van der Waals surface area contributed by atoms with Gasteiger partial charge in [-0.2, -0.15) is 4.37 Å². The van der Waals surface area contributed by atoms with Crippen LogP contribution in [0.1, 0.15) is 5.56 Å². The molecule has 0 fully saturated rings. The van der Waals surface area contributed by atoms with E-state index < -0.39 is 0 Å². The third kappa shape index (κ3) is 2.44. The smallest absolute Gasteiger partial charge is 0.204 e. The van der Waals surface area contributed by atoms with Crippen molar-refractivity contribution in [2.45, 2.75) is 6.54 Å². The van der Waals surface area contributed by atoms with Crippen molar-refractivity contribution in [1.29, 1.82) is 0 Å². The van der Waals surface area contributed by atoms with Gasteiger partial charge in [0, 0.05) is 30.8 Å². The summed E-state index contributed by atoms with van der Waals surface area (Å²) in [5.74, 6) is 0. The number of aromatic nitrogens is 2. The Morgan fingerprint density at radius 1 is 1.33 bits per heavy atom. The number of hydrogen-bond acceptors (Lipinski definition) is 5. The third-order valence-electron chi connectivity index (χ3n) is 2.08. The minimum absolute atomic E-state index is 0.789. The minimum atomic E-state index is 0.789. The molecule has 4 nitrogen and oxygen atoms in total. The molecule has 2 rings (SSSR count). The highest BCUT2D eigenvalue weighted by Gasteiger charge is 2.04. The molecule has 0 spiro atoms. The van der Waals surface area contributed by atoms with E-state index in [4.69, 9.17) is 5.73 Å². The second-order valence-corrected chi connectivity index (χ2v) is 4.08. The Hall–Kier alpha value is -1.62. The van der Waals surface area contributed by atoms with Gasteiger partial charge in [-0.3, -0.25) is 0 Å². The number of hydrogen-bond donors (Lipinski definition) is 1. The van der Waals surface area contributed by atoms with Crippen LogP contribution in [0, 0.1) is 0 Å². The van der Waals surface area contributed by atoms with Crippen LogP contribution in [0.25, 0.3) is 0 Å². The fourth-order valence-corrected chi connectivity index (χ4v) is 1.79. The van der Waals surface area contributed by atoms with E-state index in [0.29, 0.717) is 0 Å². The molecule has 1 aromatic heterocycles. The molecule has 0 radical (unpaired) electrons. The molecule has 0 bridgehead atoms. The molecule has 0 aliphatic carbocycles. The van der Waals surface area contributed by atoms with E-state index in [1.165, 1.54) is 17.1 Å². The van der Waals surface area contributed by atoms with Crippen LogP contribution in [0.2, 0.25) is 0 Å². The summed E-state index contributed by atoms with van der Waals surface area (Å²) in [4.78, 5) is 6.20. The van der Waals surface area contributed by atoms with Gasteiger partial charge in [0.05, 0.1) is 0 Å². The van der Waals surface area contributed by atoms with Crippen LogP contribution in [-0.2, 0) is 6.54 Å². The molecule has 0 aliphatic heterocycles. The highest BCUT2D eigenvalue weighted by molar-refractivity contribution is 7.09. The lowest BCUT2D eigenvalue weighted by Gasteiger charge is -2.14. The maximum absolute atomic E-state index is 5.62. The molecule has 1 heterocycles. The molecule has 0 saturated heterocycles. The summed E-state index contributed by atoms with van der Waals surface area (Å²) < 4.78 is 3.97. The van der Waals surface area contributed by atoms with Crippen molar-refractivity contribution in [3.8, 4) is 0 Å². The van der Waals surface area contributed by atoms with Gasteiger partial charge in [0.1, 0.15) is 6.33 Å². The topological polar surface area (TPSA) is 55.0 Å². The normalized spacial score (nSPS) is 10.2. The number of rotatable bonds is 3. The van der Waals surface area contributed by atoms with Crippen LogP contribution in [0.5, 0.6) is 0 Å². The summed E-state index contributed by atoms with van der Waals surface area (Å²) in [6.45, 7) is 0.815. The quantitative estimate of drug-likeness (QED) is 0.801. The summed E-state index contributed by atoms with van der Waals surface area (Å²) >= 11 is 1.39. The molecule has 2 aromatic rings. The first kappa shape index (κ1) is 9.92. The maximum Gasteiger partial charge on any atom is 0.204 e. The van der Waals surface area contributed by atoms with Crippen LogP contribution in [0.4, 0.5) is 10.8 Å². The van der Waals surface area contributed by atoms with Gasteiger partial charge < -0.3 is 10.6 Å². The van der Waals surface area contributed by atoms with Crippen LogP contribution in [0.3, 0.4) is 0 Å². The molecule has 0 atom stereocenters. The van der Waals surface area contributed by atoms with Crippen molar-refractivity contribution in [3.63, 3.8) is 0 Å². The van der Waals surface area contributed by atoms with Gasteiger partial charge in [0.2, 0.25) is 5.13 Å². The van der Waals surface area contributed by atoms with Gasteiger partial charge in [-0.05, 0) is 17.7 Å². The molecule has 1 aromatic carbocycles. The van der Waals surface area contributed by atoms with E-state index in [0.717, 1.165) is 17.4 Å². The molecule has 2 N–H and O–H groups in total. The lowest BCUT2D eigenvalue weighted by molar-refractivity contribution is 0.914. The van der Waals surface area contributed by atoms with E-state index >= 15 is 0 Å². The van der Waals surface area contributed by atoms with Crippen molar-refractivity contribution >= 4 is 22.4 Å². The van der Waals surface area contributed by atoms with Crippen molar-refractivity contribution in [1.82, 2.24) is 9.36 Å². The van der Waals surface area contributed by atoms with E-state index in [9.17, 15) is 0 Å². The Labute approximate surface area is 92.5 Å². The lowest BCUT2D eigenvalue weighted by Crippen LogP contribution is -2.15. The predicted molar refractivity (Wildman–Crippen MR) is 62.9 cm³/mol. The standard InChI is InChI=1S/C10H12N4S/c1-14(10-12-7-13-15-10)6-8-2-4-9(11)5-3-8/h2-5,7H,6,11H2,1H3. The summed E-state index contributed by atoms with van der Waals surface area (Å²) in [6, 6.07) is 7.85. The first-order valence-electron chi connectivity index (χ1n) is 4.58. The van der Waals surface area contributed by atoms with Crippen molar-refractivity contribution in [3.05, 3.63) is 36.2 Å². The molecule has 0 aliphatic rings. The molecule has 5 heteroatoms. The maximum atomic E-state index is 5.62. The van der Waals surface area contributed by atoms with Gasteiger partial charge in [-0.1, -0.05) is 12.1 Å². The predicted octanol–water partition coefficient (Wildman–Crippen LogP) is 1.76. The molecule has 78 valence electrons. The first-order chi connectivity index (χ1) is 7.25. The minimum Gasteiger partial charge on any atom is -0.399 e. The van der Waals surface area contributed by atoms with Crippen molar-refractivity contribution < 1.29 is 0 Å². The Morgan fingerprint density at radius 3 is 2.67 bits per heavy atom. The van der Waals surface area contributed by atoms with Gasteiger partial charge in [-0.25, -0.2) is 4.98 Å². The Morgan fingerprint density at radius 2 is 2.07 bits per heavy atom. The third-order valence-corrected chi connectivity index (χ3v) is 2.86. The SMILES string of the molecule is CN(Cc1ccc(N)cc1)c1ncns1. The summed E-state index contributed by atoms with van der Waals surface area (Å²) in [7, 11) is 2.00. The van der Waals surface area contributed by atoms with Crippen LogP contribution in [-0.4, -0.2) is 16.4 Å². The van der Waals surface area contributed by atoms with E-state index in [1.54, 1.807) is 6.33 Å². The zero-order valence-corrected chi connectivity index (χ0v) is 9.24. The second-order valence-electron chi connectivity index (χ2n) is 3.32. The largest absolute Gasteiger partial charge is 0.399 e. The molecule has 0 amide bonds. The van der Waals surface area contributed by atoms with E-state index in [2.05, 4.69) is 14.3 Å². The molecular weight excluding hydrogens is 208 g/mol. The van der Waals surface area contributed by atoms with Crippen LogP contribution < -0.4 is 10.6 Å². The number of benzene rings is 1. The number of anilines is 2. The van der Waals surface area contributed by atoms with Crippen LogP contribution in [0.15, 0.2) is 30.6 Å².